The van der Waals surface area contributed by atoms with Gasteiger partial charge < -0.3 is 10.1 Å². The smallest absolute Gasteiger partial charge is 0.267 e. The van der Waals surface area contributed by atoms with E-state index in [0.29, 0.717) is 35.1 Å². The topological polar surface area (TPSA) is 88.6 Å². The Labute approximate surface area is 158 Å². The van der Waals surface area contributed by atoms with Gasteiger partial charge in [0.25, 0.3) is 5.91 Å². The van der Waals surface area contributed by atoms with Crippen LogP contribution in [0.5, 0.6) is 5.75 Å². The number of rotatable bonds is 7. The molecule has 1 aromatic carbocycles. The lowest BCUT2D eigenvalue weighted by Gasteiger charge is -2.19. The molecule has 7 nitrogen and oxygen atoms in total. The van der Waals surface area contributed by atoms with Gasteiger partial charge >= 0.3 is 0 Å². The summed E-state index contributed by atoms with van der Waals surface area (Å²) in [5.74, 6) is 0.0412. The van der Waals surface area contributed by atoms with Gasteiger partial charge in [-0.1, -0.05) is 13.8 Å². The first-order valence-corrected chi connectivity index (χ1v) is 10.4. The number of hydrogen-bond donors (Lipinski definition) is 1. The molecule has 0 spiro atoms. The van der Waals surface area contributed by atoms with Crippen LogP contribution < -0.4 is 10.1 Å². The van der Waals surface area contributed by atoms with Gasteiger partial charge in [0.1, 0.15) is 10.6 Å². The summed E-state index contributed by atoms with van der Waals surface area (Å²) < 4.78 is 32.1. The second-order valence-corrected chi connectivity index (χ2v) is 8.69. The van der Waals surface area contributed by atoms with Crippen molar-refractivity contribution in [3.05, 3.63) is 33.8 Å². The summed E-state index contributed by atoms with van der Waals surface area (Å²) >= 11 is 1.29. The van der Waals surface area contributed by atoms with Gasteiger partial charge in [-0.05, 0) is 32.0 Å². The molecule has 0 radical (unpaired) electrons. The molecule has 0 aliphatic heterocycles. The maximum Gasteiger partial charge on any atom is 0.267 e. The lowest BCUT2D eigenvalue weighted by atomic mass is 10.2. The van der Waals surface area contributed by atoms with Gasteiger partial charge in [-0.15, -0.1) is 11.3 Å². The van der Waals surface area contributed by atoms with Crippen LogP contribution in [0.4, 0.5) is 5.69 Å². The van der Waals surface area contributed by atoms with Crippen LogP contribution in [0.25, 0.3) is 0 Å². The van der Waals surface area contributed by atoms with Crippen LogP contribution in [-0.4, -0.2) is 43.8 Å². The van der Waals surface area contributed by atoms with Crippen LogP contribution in [0.2, 0.25) is 0 Å². The predicted molar refractivity (Wildman–Crippen MR) is 103 cm³/mol. The van der Waals surface area contributed by atoms with Crippen molar-refractivity contribution in [2.24, 2.45) is 0 Å². The lowest BCUT2D eigenvalue weighted by Crippen LogP contribution is -2.30. The van der Waals surface area contributed by atoms with Crippen molar-refractivity contribution in [3.8, 4) is 5.75 Å². The Morgan fingerprint density at radius 2 is 1.92 bits per heavy atom. The van der Waals surface area contributed by atoms with E-state index >= 15 is 0 Å². The summed E-state index contributed by atoms with van der Waals surface area (Å²) in [5.41, 5.74) is 0.937. The minimum atomic E-state index is -3.64. The molecular formula is C17H23N3O4S2. The largest absolute Gasteiger partial charge is 0.495 e. The summed E-state index contributed by atoms with van der Waals surface area (Å²) in [6.07, 6.45) is 0. The van der Waals surface area contributed by atoms with E-state index < -0.39 is 10.0 Å². The van der Waals surface area contributed by atoms with Gasteiger partial charge in [-0.3, -0.25) is 4.79 Å². The Morgan fingerprint density at radius 1 is 1.27 bits per heavy atom. The Kier molecular flexibility index (Phi) is 6.38. The van der Waals surface area contributed by atoms with Crippen LogP contribution in [0.15, 0.2) is 23.1 Å². The average molecular weight is 398 g/mol. The van der Waals surface area contributed by atoms with Crippen molar-refractivity contribution >= 4 is 33.0 Å². The summed E-state index contributed by atoms with van der Waals surface area (Å²) in [4.78, 5) is 17.4. The molecule has 0 saturated carbocycles. The molecule has 0 saturated heterocycles. The third-order valence-corrected chi connectivity index (χ3v) is 6.99. The van der Waals surface area contributed by atoms with Crippen LogP contribution in [0.3, 0.4) is 0 Å². The monoisotopic (exact) mass is 397 g/mol. The molecule has 2 aromatic rings. The van der Waals surface area contributed by atoms with Crippen molar-refractivity contribution in [1.29, 1.82) is 0 Å². The molecule has 26 heavy (non-hydrogen) atoms. The number of aryl methyl sites for hydroxylation is 2. The molecule has 0 aliphatic rings. The lowest BCUT2D eigenvalue weighted by molar-refractivity contribution is 0.102. The van der Waals surface area contributed by atoms with Crippen LogP contribution in [-0.2, 0) is 10.0 Å². The Balaban J connectivity index is 2.42. The highest BCUT2D eigenvalue weighted by atomic mass is 32.2. The third kappa shape index (κ3) is 4.05. The zero-order valence-corrected chi connectivity index (χ0v) is 17.1. The number of methoxy groups -OCH3 is 1. The molecule has 0 unspecified atom stereocenters. The highest BCUT2D eigenvalue weighted by Crippen LogP contribution is 2.30. The highest BCUT2D eigenvalue weighted by Gasteiger charge is 2.24. The molecule has 9 heteroatoms. The molecule has 1 amide bonds. The number of sulfonamides is 1. The highest BCUT2D eigenvalue weighted by molar-refractivity contribution is 7.89. The zero-order chi connectivity index (χ0) is 19.5. The molecule has 0 atom stereocenters. The van der Waals surface area contributed by atoms with E-state index in [-0.39, 0.29) is 10.8 Å². The number of nitrogens with zero attached hydrogens (tertiary/aromatic N) is 2. The van der Waals surface area contributed by atoms with Gasteiger partial charge in [-0.25, -0.2) is 13.4 Å². The van der Waals surface area contributed by atoms with Crippen molar-refractivity contribution in [1.82, 2.24) is 9.29 Å². The first kappa shape index (κ1) is 20.3. The van der Waals surface area contributed by atoms with E-state index in [2.05, 4.69) is 10.3 Å². The van der Waals surface area contributed by atoms with Crippen LogP contribution >= 0.6 is 11.3 Å². The van der Waals surface area contributed by atoms with Crippen molar-refractivity contribution in [3.63, 3.8) is 0 Å². The van der Waals surface area contributed by atoms with Crippen molar-refractivity contribution < 1.29 is 17.9 Å². The maximum absolute atomic E-state index is 12.7. The van der Waals surface area contributed by atoms with E-state index in [1.165, 1.54) is 41.0 Å². The fourth-order valence-corrected chi connectivity index (χ4v) is 4.88. The molecule has 1 N–H and O–H groups in total. The number of thiazole rings is 1. The molecule has 142 valence electrons. The first-order chi connectivity index (χ1) is 12.2. The van der Waals surface area contributed by atoms with E-state index in [1.807, 2.05) is 6.92 Å². The number of nitrogens with one attached hydrogen (secondary N) is 1. The molecule has 0 bridgehead atoms. The standard InChI is InChI=1S/C17H23N3O4S2/c1-6-20(7-2)26(22,23)13-8-9-15(24-5)14(10-13)19-17(21)16-11(3)18-12(4)25-16/h8-10H,6-7H2,1-5H3,(H,19,21). The Bertz CT molecular complexity index is 903. The number of anilines is 1. The maximum atomic E-state index is 12.7. The number of benzene rings is 1. The fraction of sp³-hybridized carbons (Fsp3) is 0.412. The molecule has 0 aliphatic carbocycles. The van der Waals surface area contributed by atoms with Gasteiger partial charge in [0, 0.05) is 13.1 Å². The molecule has 2 rings (SSSR count). The van der Waals surface area contributed by atoms with Gasteiger partial charge in [0.2, 0.25) is 10.0 Å². The number of hydrogen-bond acceptors (Lipinski definition) is 6. The third-order valence-electron chi connectivity index (χ3n) is 3.87. The van der Waals surface area contributed by atoms with Gasteiger partial charge in [0.15, 0.2) is 0 Å². The normalized spacial score (nSPS) is 11.6. The van der Waals surface area contributed by atoms with Gasteiger partial charge in [0.05, 0.1) is 28.4 Å². The van der Waals surface area contributed by atoms with E-state index in [1.54, 1.807) is 20.8 Å². The average Bonchev–Trinajstić information content (AvgIpc) is 2.94. The molecule has 1 heterocycles. The summed E-state index contributed by atoms with van der Waals surface area (Å²) in [6, 6.07) is 4.44. The van der Waals surface area contributed by atoms with Crippen LogP contribution in [0.1, 0.15) is 34.2 Å². The Morgan fingerprint density at radius 3 is 2.42 bits per heavy atom. The SMILES string of the molecule is CCN(CC)S(=O)(=O)c1ccc(OC)c(NC(=O)c2sc(C)nc2C)c1. The zero-order valence-electron chi connectivity index (χ0n) is 15.5. The number of amides is 1. The molecule has 0 fully saturated rings. The minimum absolute atomic E-state index is 0.106. The quantitative estimate of drug-likeness (QED) is 0.776. The van der Waals surface area contributed by atoms with Crippen molar-refractivity contribution in [2.75, 3.05) is 25.5 Å². The Hall–Kier alpha value is -1.97. The summed E-state index contributed by atoms with van der Waals surface area (Å²) in [6.45, 7) is 7.88. The second kappa shape index (κ2) is 8.15. The fourth-order valence-electron chi connectivity index (χ4n) is 2.58. The predicted octanol–water partition coefficient (Wildman–Crippen LogP) is 3.05. The van der Waals surface area contributed by atoms with E-state index in [9.17, 15) is 13.2 Å². The molecule has 1 aromatic heterocycles. The number of aromatic nitrogens is 1. The first-order valence-electron chi connectivity index (χ1n) is 8.18. The van der Waals surface area contributed by atoms with Gasteiger partial charge in [-0.2, -0.15) is 4.31 Å². The number of carbonyl (C=O) groups excluding carboxylic acids is 1. The van der Waals surface area contributed by atoms with Crippen LogP contribution in [0, 0.1) is 13.8 Å². The number of carbonyl (C=O) groups is 1. The van der Waals surface area contributed by atoms with E-state index in [4.69, 9.17) is 4.74 Å². The van der Waals surface area contributed by atoms with Crippen molar-refractivity contribution in [2.45, 2.75) is 32.6 Å². The molecular weight excluding hydrogens is 374 g/mol. The number of ether oxygens (including phenoxy) is 1. The summed E-state index contributed by atoms with van der Waals surface area (Å²) in [5, 5.41) is 3.53. The summed E-state index contributed by atoms with van der Waals surface area (Å²) in [7, 11) is -2.17. The second-order valence-electron chi connectivity index (χ2n) is 5.55. The van der Waals surface area contributed by atoms with E-state index in [0.717, 1.165) is 5.01 Å². The minimum Gasteiger partial charge on any atom is -0.495 e.